The Morgan fingerprint density at radius 2 is 1.83 bits per heavy atom. The fourth-order valence-corrected chi connectivity index (χ4v) is 3.92. The van der Waals surface area contributed by atoms with Gasteiger partial charge in [0.2, 0.25) is 0 Å². The Morgan fingerprint density at radius 3 is 2.35 bits per heavy atom. The molecule has 0 aromatic heterocycles. The Balaban J connectivity index is 0.00000192. The highest BCUT2D eigenvalue weighted by molar-refractivity contribution is 5.85. The predicted octanol–water partition coefficient (Wildman–Crippen LogP) is 2.26. The number of rotatable bonds is 4. The maximum atomic E-state index is 12.4. The highest BCUT2D eigenvalue weighted by Crippen LogP contribution is 2.40. The number of esters is 1. The number of aliphatic hydroxyl groups is 1. The van der Waals surface area contributed by atoms with Crippen LogP contribution in [0.1, 0.15) is 37.2 Å². The summed E-state index contributed by atoms with van der Waals surface area (Å²) in [6.07, 6.45) is 3.20. The van der Waals surface area contributed by atoms with Crippen molar-refractivity contribution < 1.29 is 24.5 Å². The van der Waals surface area contributed by atoms with E-state index in [0.717, 1.165) is 18.4 Å². The second kappa shape index (κ2) is 7.18. The molecule has 2 saturated heterocycles. The van der Waals surface area contributed by atoms with Crippen LogP contribution >= 0.6 is 12.4 Å². The number of aliphatic hydroxyl groups excluding tert-OH is 1. The molecule has 0 spiro atoms. The number of benzene rings is 1. The molecule has 2 aliphatic heterocycles. The number of fused-ring (bicyclic) bond motifs is 2. The van der Waals surface area contributed by atoms with Gasteiger partial charge in [0.1, 0.15) is 24.1 Å². The maximum Gasteiger partial charge on any atom is 0.316 e. The third-order valence-electron chi connectivity index (χ3n) is 5.33. The lowest BCUT2D eigenvalue weighted by atomic mass is 9.98. The van der Waals surface area contributed by atoms with Gasteiger partial charge in [0.05, 0.1) is 13.7 Å². The molecule has 3 rings (SSSR count). The average molecular weight is 343 g/mol. The topological polar surface area (TPSA) is 66.8 Å². The largest absolute Gasteiger partial charge is 0.461 e. The number of hydrogen-bond donors (Lipinski definition) is 2. The third-order valence-corrected chi connectivity index (χ3v) is 5.33. The highest BCUT2D eigenvalue weighted by Gasteiger charge is 2.53. The van der Waals surface area contributed by atoms with E-state index in [0.29, 0.717) is 12.8 Å². The molecule has 6 heteroatoms. The van der Waals surface area contributed by atoms with Crippen LogP contribution in [0.3, 0.4) is 0 Å². The SMILES string of the molecule is C[N+]1(O)C2CCC1CC(OC(=O)C(CO)c1ccccc1)C2.Cl. The molecule has 128 valence electrons. The predicted molar refractivity (Wildman–Crippen MR) is 87.4 cm³/mol. The smallest absolute Gasteiger partial charge is 0.316 e. The van der Waals surface area contributed by atoms with Crippen molar-refractivity contribution in [1.29, 1.82) is 0 Å². The van der Waals surface area contributed by atoms with E-state index in [1.807, 2.05) is 37.4 Å². The van der Waals surface area contributed by atoms with Gasteiger partial charge < -0.3 is 9.84 Å². The summed E-state index contributed by atoms with van der Waals surface area (Å²) in [6.45, 7) is -0.254. The van der Waals surface area contributed by atoms with Gasteiger partial charge in [0.25, 0.3) is 0 Å². The van der Waals surface area contributed by atoms with Gasteiger partial charge in [-0.15, -0.1) is 12.4 Å². The lowest BCUT2D eigenvalue weighted by Crippen LogP contribution is -2.56. The van der Waals surface area contributed by atoms with Crippen LogP contribution in [0.4, 0.5) is 0 Å². The van der Waals surface area contributed by atoms with Crippen molar-refractivity contribution >= 4 is 18.4 Å². The van der Waals surface area contributed by atoms with E-state index in [4.69, 9.17) is 4.74 Å². The normalized spacial score (nSPS) is 33.6. The second-order valence-electron chi connectivity index (χ2n) is 6.66. The molecule has 2 fully saturated rings. The van der Waals surface area contributed by atoms with Crippen LogP contribution in [0.15, 0.2) is 30.3 Å². The molecule has 1 aromatic carbocycles. The molecule has 2 N–H and O–H groups in total. The molecule has 3 atom stereocenters. The van der Waals surface area contributed by atoms with E-state index in [9.17, 15) is 15.1 Å². The van der Waals surface area contributed by atoms with Gasteiger partial charge >= 0.3 is 5.97 Å². The van der Waals surface area contributed by atoms with Crippen LogP contribution in [0, 0.1) is 0 Å². The van der Waals surface area contributed by atoms with Gasteiger partial charge in [-0.2, -0.15) is 4.65 Å². The number of hydrogen-bond acceptors (Lipinski definition) is 4. The van der Waals surface area contributed by atoms with Gasteiger partial charge in [-0.3, -0.25) is 4.79 Å². The van der Waals surface area contributed by atoms with Gasteiger partial charge in [-0.25, -0.2) is 5.21 Å². The van der Waals surface area contributed by atoms with Crippen molar-refractivity contribution in [3.8, 4) is 0 Å². The lowest BCUT2D eigenvalue weighted by molar-refractivity contribution is -1.12. The van der Waals surface area contributed by atoms with Crippen LogP contribution in [0.25, 0.3) is 0 Å². The van der Waals surface area contributed by atoms with Gasteiger partial charge in [0, 0.05) is 25.7 Å². The number of ether oxygens (including phenoxy) is 1. The van der Waals surface area contributed by atoms with Crippen LogP contribution in [0.2, 0.25) is 0 Å². The van der Waals surface area contributed by atoms with Crippen LogP contribution in [-0.4, -0.2) is 52.8 Å². The van der Waals surface area contributed by atoms with E-state index >= 15 is 0 Å². The molecule has 0 aliphatic carbocycles. The van der Waals surface area contributed by atoms with E-state index in [1.54, 1.807) is 0 Å². The summed E-state index contributed by atoms with van der Waals surface area (Å²) in [5.41, 5.74) is 0.775. The minimum Gasteiger partial charge on any atom is -0.461 e. The lowest BCUT2D eigenvalue weighted by Gasteiger charge is -2.40. The zero-order valence-electron chi connectivity index (χ0n) is 13.3. The van der Waals surface area contributed by atoms with Crippen molar-refractivity contribution in [2.45, 2.75) is 49.8 Å². The minimum atomic E-state index is -0.629. The maximum absolute atomic E-state index is 12.4. The standard InChI is InChI=1S/C17H24NO4.ClH/c1-18(21)13-7-8-14(18)10-15(9-13)22-17(20)16(11-19)12-5-3-2-4-6-12;/h2-6,13-16,19,21H,7-11H2,1H3;1H/q+1;. The summed E-state index contributed by atoms with van der Waals surface area (Å²) in [6, 6.07) is 9.54. The minimum absolute atomic E-state index is 0. The summed E-state index contributed by atoms with van der Waals surface area (Å²) < 4.78 is 5.72. The van der Waals surface area contributed by atoms with Gasteiger partial charge in [-0.1, -0.05) is 30.3 Å². The Bertz CT molecular complexity index is 521. The van der Waals surface area contributed by atoms with Crippen molar-refractivity contribution in [2.75, 3.05) is 13.7 Å². The first-order valence-electron chi connectivity index (χ1n) is 7.97. The summed E-state index contributed by atoms with van der Waals surface area (Å²) in [4.78, 5) is 12.4. The first-order chi connectivity index (χ1) is 10.5. The molecule has 3 unspecified atom stereocenters. The van der Waals surface area contributed by atoms with Crippen LogP contribution in [0.5, 0.6) is 0 Å². The molecule has 2 aliphatic rings. The summed E-state index contributed by atoms with van der Waals surface area (Å²) in [5.74, 6) is -0.997. The van der Waals surface area contributed by atoms with E-state index < -0.39 is 5.92 Å². The zero-order valence-corrected chi connectivity index (χ0v) is 14.1. The molecule has 2 heterocycles. The number of carbonyl (C=O) groups excluding carboxylic acids is 1. The van der Waals surface area contributed by atoms with Crippen LogP contribution < -0.4 is 0 Å². The van der Waals surface area contributed by atoms with E-state index in [1.165, 1.54) is 0 Å². The zero-order chi connectivity index (χ0) is 15.7. The Labute approximate surface area is 142 Å². The molecule has 0 amide bonds. The Kier molecular flexibility index (Phi) is 5.68. The molecular formula is C17H25ClNO4+. The summed E-state index contributed by atoms with van der Waals surface area (Å²) in [5, 5.41) is 20.0. The summed E-state index contributed by atoms with van der Waals surface area (Å²) in [7, 11) is 1.85. The third kappa shape index (κ3) is 3.53. The Hall–Kier alpha value is -1.14. The molecule has 0 saturated carbocycles. The number of hydroxylamine groups is 3. The average Bonchev–Trinajstić information content (AvgIpc) is 2.68. The quantitative estimate of drug-likeness (QED) is 0.650. The van der Waals surface area contributed by atoms with Crippen molar-refractivity contribution in [3.05, 3.63) is 35.9 Å². The van der Waals surface area contributed by atoms with E-state index in [2.05, 4.69) is 0 Å². The molecule has 2 bridgehead atoms. The van der Waals surface area contributed by atoms with Gasteiger partial charge in [0.15, 0.2) is 0 Å². The molecule has 23 heavy (non-hydrogen) atoms. The molecule has 5 nitrogen and oxygen atoms in total. The van der Waals surface area contributed by atoms with Crippen LogP contribution in [-0.2, 0) is 9.53 Å². The summed E-state index contributed by atoms with van der Waals surface area (Å²) >= 11 is 0. The van der Waals surface area contributed by atoms with Crippen molar-refractivity contribution in [2.24, 2.45) is 0 Å². The first-order valence-corrected chi connectivity index (χ1v) is 7.97. The fraction of sp³-hybridized carbons (Fsp3) is 0.588. The fourth-order valence-electron chi connectivity index (χ4n) is 3.92. The number of nitrogens with zero attached hydrogens (tertiary/aromatic N) is 1. The van der Waals surface area contributed by atoms with Crippen molar-refractivity contribution in [3.63, 3.8) is 0 Å². The molecule has 1 aromatic rings. The number of carbonyl (C=O) groups is 1. The number of piperidine rings is 1. The Morgan fingerprint density at radius 1 is 1.26 bits per heavy atom. The van der Waals surface area contributed by atoms with Gasteiger partial charge in [-0.05, 0) is 5.56 Å². The highest BCUT2D eigenvalue weighted by atomic mass is 35.5. The first kappa shape index (κ1) is 18.2. The number of quaternary nitrogens is 1. The number of halogens is 1. The van der Waals surface area contributed by atoms with Crippen molar-refractivity contribution in [1.82, 2.24) is 0 Å². The monoisotopic (exact) mass is 342 g/mol. The molecule has 0 radical (unpaired) electrons. The molecular weight excluding hydrogens is 318 g/mol. The second-order valence-corrected chi connectivity index (χ2v) is 6.66. The van der Waals surface area contributed by atoms with E-state index in [-0.39, 0.29) is 47.8 Å².